The average molecular weight is 379 g/mol. The van der Waals surface area contributed by atoms with Crippen molar-refractivity contribution in [3.05, 3.63) is 65.7 Å². The minimum atomic E-state index is -4.44. The highest BCUT2D eigenvalue weighted by Crippen LogP contribution is 2.31. The molecule has 10 heteroatoms. The van der Waals surface area contributed by atoms with Gasteiger partial charge in [0.1, 0.15) is 11.4 Å². The monoisotopic (exact) mass is 379 g/mol. The molecule has 7 nitrogen and oxygen atoms in total. The number of hydrogen-bond donors (Lipinski definition) is 1. The zero-order chi connectivity index (χ0) is 19.4. The molecule has 1 amide bonds. The van der Waals surface area contributed by atoms with Gasteiger partial charge in [-0.05, 0) is 30.3 Å². The number of nitrogens with zero attached hydrogens (tertiary/aromatic N) is 4. The highest BCUT2D eigenvalue weighted by atomic mass is 19.4. The van der Waals surface area contributed by atoms with Crippen LogP contribution in [0.5, 0.6) is 5.75 Å². The molecule has 1 aromatic carbocycles. The van der Waals surface area contributed by atoms with Crippen LogP contribution in [0.4, 0.5) is 13.2 Å². The molecule has 0 aliphatic rings. The van der Waals surface area contributed by atoms with Crippen molar-refractivity contribution in [1.29, 1.82) is 0 Å². The normalized spacial score (nSPS) is 11.4. The van der Waals surface area contributed by atoms with E-state index in [1.165, 1.54) is 29.1 Å². The zero-order valence-corrected chi connectivity index (χ0v) is 14.3. The number of aromatic nitrogens is 4. The van der Waals surface area contributed by atoms with Gasteiger partial charge >= 0.3 is 6.18 Å². The lowest BCUT2D eigenvalue weighted by molar-refractivity contribution is -0.137. The first-order valence-electron chi connectivity index (χ1n) is 7.91. The van der Waals surface area contributed by atoms with Crippen molar-refractivity contribution in [2.24, 2.45) is 7.05 Å². The van der Waals surface area contributed by atoms with Gasteiger partial charge in [0.25, 0.3) is 5.91 Å². The van der Waals surface area contributed by atoms with Crippen molar-refractivity contribution in [3.8, 4) is 5.75 Å². The lowest BCUT2D eigenvalue weighted by Crippen LogP contribution is -2.24. The Balaban J connectivity index is 1.56. The topological polar surface area (TPSA) is 74.0 Å². The number of amides is 1. The Morgan fingerprint density at radius 2 is 2.07 bits per heavy atom. The van der Waals surface area contributed by atoms with Gasteiger partial charge in [-0.1, -0.05) is 6.07 Å². The van der Waals surface area contributed by atoms with E-state index < -0.39 is 11.7 Å². The Kier molecular flexibility index (Phi) is 5.15. The summed E-state index contributed by atoms with van der Waals surface area (Å²) >= 11 is 0. The van der Waals surface area contributed by atoms with Crippen LogP contribution in [0.15, 0.2) is 48.8 Å². The lowest BCUT2D eigenvalue weighted by Gasteiger charge is -2.10. The van der Waals surface area contributed by atoms with E-state index in [9.17, 15) is 18.0 Å². The Hall–Kier alpha value is -3.30. The summed E-state index contributed by atoms with van der Waals surface area (Å²) in [5.41, 5.74) is 0.205. The van der Waals surface area contributed by atoms with E-state index in [0.717, 1.165) is 17.8 Å². The molecule has 0 unspecified atom stereocenters. The SMILES string of the molecule is Cn1nccc1CNC(=O)c1ccn(COc2cccc(C(F)(F)F)c2)n1. The van der Waals surface area contributed by atoms with Crippen LogP contribution in [0.2, 0.25) is 0 Å². The molecule has 2 heterocycles. The fourth-order valence-corrected chi connectivity index (χ4v) is 2.29. The number of nitrogens with one attached hydrogen (secondary N) is 1. The van der Waals surface area contributed by atoms with Crippen LogP contribution in [-0.2, 0) is 26.5 Å². The van der Waals surface area contributed by atoms with Crippen LogP contribution in [-0.4, -0.2) is 25.5 Å². The second-order valence-electron chi connectivity index (χ2n) is 5.67. The Bertz CT molecular complexity index is 933. The van der Waals surface area contributed by atoms with Crippen molar-refractivity contribution < 1.29 is 22.7 Å². The molecule has 0 aliphatic heterocycles. The first kappa shape index (κ1) is 18.5. The maximum absolute atomic E-state index is 12.7. The summed E-state index contributed by atoms with van der Waals surface area (Å²) in [6.45, 7) is 0.166. The van der Waals surface area contributed by atoms with Crippen LogP contribution < -0.4 is 10.1 Å². The summed E-state index contributed by atoms with van der Waals surface area (Å²) in [4.78, 5) is 12.1. The van der Waals surface area contributed by atoms with Crippen LogP contribution in [0.25, 0.3) is 0 Å². The third kappa shape index (κ3) is 4.66. The Morgan fingerprint density at radius 3 is 2.78 bits per heavy atom. The first-order chi connectivity index (χ1) is 12.8. The Labute approximate surface area is 152 Å². The van der Waals surface area contributed by atoms with Gasteiger partial charge in [-0.3, -0.25) is 9.48 Å². The summed E-state index contributed by atoms with van der Waals surface area (Å²) in [6, 6.07) is 7.82. The van der Waals surface area contributed by atoms with Crippen LogP contribution in [0.1, 0.15) is 21.7 Å². The zero-order valence-electron chi connectivity index (χ0n) is 14.3. The number of alkyl halides is 3. The minimum absolute atomic E-state index is 0.0579. The summed E-state index contributed by atoms with van der Waals surface area (Å²) < 4.78 is 46.4. The third-order valence-corrected chi connectivity index (χ3v) is 3.75. The summed E-state index contributed by atoms with van der Waals surface area (Å²) in [6.07, 6.45) is -1.31. The lowest BCUT2D eigenvalue weighted by atomic mass is 10.2. The van der Waals surface area contributed by atoms with Gasteiger partial charge in [0.15, 0.2) is 6.73 Å². The summed E-state index contributed by atoms with van der Waals surface area (Å²) in [7, 11) is 1.77. The average Bonchev–Trinajstić information content (AvgIpc) is 3.26. The fraction of sp³-hybridized carbons (Fsp3) is 0.235. The number of rotatable bonds is 6. The minimum Gasteiger partial charge on any atom is -0.471 e. The van der Waals surface area contributed by atoms with Gasteiger partial charge in [0.2, 0.25) is 0 Å². The molecule has 3 rings (SSSR count). The molecule has 0 radical (unpaired) electrons. The molecular formula is C17H16F3N5O2. The number of aryl methyl sites for hydroxylation is 1. The second-order valence-corrected chi connectivity index (χ2v) is 5.67. The summed E-state index contributed by atoms with van der Waals surface area (Å²) in [5.74, 6) is -0.323. The number of hydrogen-bond acceptors (Lipinski definition) is 4. The van der Waals surface area contributed by atoms with Gasteiger partial charge in [0, 0.05) is 19.4 Å². The smallest absolute Gasteiger partial charge is 0.416 e. The number of ether oxygens (including phenoxy) is 1. The number of carbonyl (C=O) groups is 1. The standard InChI is InChI=1S/C17H16F3N5O2/c1-24-13(5-7-22-24)10-21-16(26)15-6-8-25(23-15)11-27-14-4-2-3-12(9-14)17(18,19)20/h2-9H,10-11H2,1H3,(H,21,26). The molecule has 0 bridgehead atoms. The van der Waals surface area contributed by atoms with Gasteiger partial charge < -0.3 is 10.1 Å². The third-order valence-electron chi connectivity index (χ3n) is 3.75. The molecule has 0 fully saturated rings. The molecule has 2 aromatic heterocycles. The molecule has 142 valence electrons. The van der Waals surface area contributed by atoms with Crippen molar-refractivity contribution in [3.63, 3.8) is 0 Å². The van der Waals surface area contributed by atoms with E-state index in [0.29, 0.717) is 6.54 Å². The molecule has 0 saturated heterocycles. The van der Waals surface area contributed by atoms with Crippen LogP contribution in [0.3, 0.4) is 0 Å². The highest BCUT2D eigenvalue weighted by Gasteiger charge is 2.30. The van der Waals surface area contributed by atoms with E-state index in [4.69, 9.17) is 4.74 Å². The number of benzene rings is 1. The maximum atomic E-state index is 12.7. The molecule has 0 saturated carbocycles. The van der Waals surface area contributed by atoms with Crippen molar-refractivity contribution in [1.82, 2.24) is 24.9 Å². The molecule has 1 N–H and O–H groups in total. The van der Waals surface area contributed by atoms with E-state index in [-0.39, 0.29) is 24.1 Å². The fourth-order valence-electron chi connectivity index (χ4n) is 2.29. The van der Waals surface area contributed by atoms with Crippen molar-refractivity contribution in [2.75, 3.05) is 0 Å². The number of halogens is 3. The summed E-state index contributed by atoms with van der Waals surface area (Å²) in [5, 5.41) is 10.8. The van der Waals surface area contributed by atoms with E-state index in [1.54, 1.807) is 24.0 Å². The second kappa shape index (κ2) is 7.52. The highest BCUT2D eigenvalue weighted by molar-refractivity contribution is 5.92. The Morgan fingerprint density at radius 1 is 1.26 bits per heavy atom. The predicted octanol–water partition coefficient (Wildman–Crippen LogP) is 2.60. The van der Waals surface area contributed by atoms with Crippen molar-refractivity contribution >= 4 is 5.91 Å². The van der Waals surface area contributed by atoms with Crippen LogP contribution >= 0.6 is 0 Å². The van der Waals surface area contributed by atoms with E-state index in [2.05, 4.69) is 15.5 Å². The first-order valence-corrected chi connectivity index (χ1v) is 7.91. The van der Waals surface area contributed by atoms with Gasteiger partial charge in [-0.2, -0.15) is 23.4 Å². The van der Waals surface area contributed by atoms with Gasteiger partial charge in [0.05, 0.1) is 17.8 Å². The van der Waals surface area contributed by atoms with Gasteiger partial charge in [-0.25, -0.2) is 4.68 Å². The number of carbonyl (C=O) groups excluding carboxylic acids is 1. The molecule has 3 aromatic rings. The van der Waals surface area contributed by atoms with Gasteiger partial charge in [-0.15, -0.1) is 0 Å². The molecule has 27 heavy (non-hydrogen) atoms. The van der Waals surface area contributed by atoms with E-state index >= 15 is 0 Å². The molecule has 0 aliphatic carbocycles. The predicted molar refractivity (Wildman–Crippen MR) is 88.7 cm³/mol. The molecule has 0 spiro atoms. The van der Waals surface area contributed by atoms with Crippen LogP contribution in [0, 0.1) is 0 Å². The maximum Gasteiger partial charge on any atom is 0.416 e. The van der Waals surface area contributed by atoms with Crippen molar-refractivity contribution in [2.45, 2.75) is 19.5 Å². The largest absolute Gasteiger partial charge is 0.471 e. The quantitative estimate of drug-likeness (QED) is 0.715. The van der Waals surface area contributed by atoms with E-state index in [1.807, 2.05) is 0 Å². The molecular weight excluding hydrogens is 363 g/mol. The molecule has 0 atom stereocenters.